The highest BCUT2D eigenvalue weighted by atomic mass is 127. The summed E-state index contributed by atoms with van der Waals surface area (Å²) in [6.07, 6.45) is 1.85. The molecule has 6 nitrogen and oxygen atoms in total. The zero-order valence-electron chi connectivity index (χ0n) is 11.8. The number of hydrogen-bond donors (Lipinski definition) is 1. The first kappa shape index (κ1) is 16.0. The van der Waals surface area contributed by atoms with Gasteiger partial charge < -0.3 is 19.9 Å². The van der Waals surface area contributed by atoms with E-state index in [1.165, 1.54) is 0 Å². The zero-order valence-corrected chi connectivity index (χ0v) is 14.1. The van der Waals surface area contributed by atoms with Crippen molar-refractivity contribution in [3.8, 4) is 0 Å². The normalized spacial score (nSPS) is 16.0. The smallest absolute Gasteiger partial charge is 0.191 e. The molecule has 1 aliphatic heterocycles. The molecule has 2 heterocycles. The van der Waals surface area contributed by atoms with E-state index < -0.39 is 0 Å². The van der Waals surface area contributed by atoms with Crippen LogP contribution < -0.4 is 5.73 Å². The van der Waals surface area contributed by atoms with E-state index in [-0.39, 0.29) is 24.0 Å². The van der Waals surface area contributed by atoms with Crippen LogP contribution in [0.1, 0.15) is 0 Å². The molecule has 1 aromatic carbocycles. The maximum Gasteiger partial charge on any atom is 0.191 e. The Bertz CT molecular complexity index is 606. The monoisotopic (exact) mass is 401 g/mol. The Morgan fingerprint density at radius 1 is 1.29 bits per heavy atom. The minimum atomic E-state index is 0. The van der Waals surface area contributed by atoms with Crippen molar-refractivity contribution in [2.45, 2.75) is 6.54 Å². The number of morpholine rings is 1. The molecule has 0 bridgehead atoms. The number of nitrogens with zero attached hydrogens (tertiary/aromatic N) is 4. The lowest BCUT2D eigenvalue weighted by molar-refractivity contribution is 0.0674. The fourth-order valence-electron chi connectivity index (χ4n) is 2.35. The largest absolute Gasteiger partial charge is 0.378 e. The van der Waals surface area contributed by atoms with Crippen molar-refractivity contribution in [3.05, 3.63) is 30.6 Å². The van der Waals surface area contributed by atoms with Crippen molar-refractivity contribution < 1.29 is 4.74 Å². The van der Waals surface area contributed by atoms with Gasteiger partial charge in [-0.1, -0.05) is 12.1 Å². The van der Waals surface area contributed by atoms with Crippen LogP contribution >= 0.6 is 24.0 Å². The fraction of sp³-hybridized carbons (Fsp3) is 0.429. The molecule has 2 aromatic rings. The van der Waals surface area contributed by atoms with Gasteiger partial charge in [-0.2, -0.15) is 0 Å². The molecule has 114 valence electrons. The summed E-state index contributed by atoms with van der Waals surface area (Å²) >= 11 is 0. The molecule has 0 radical (unpaired) electrons. The quantitative estimate of drug-likeness (QED) is 0.479. The van der Waals surface area contributed by atoms with E-state index in [4.69, 9.17) is 10.5 Å². The van der Waals surface area contributed by atoms with Gasteiger partial charge in [-0.3, -0.25) is 4.99 Å². The minimum absolute atomic E-state index is 0. The van der Waals surface area contributed by atoms with Gasteiger partial charge in [0, 0.05) is 19.6 Å². The van der Waals surface area contributed by atoms with Crippen molar-refractivity contribution in [1.29, 1.82) is 0 Å². The van der Waals surface area contributed by atoms with Crippen LogP contribution in [0, 0.1) is 0 Å². The van der Waals surface area contributed by atoms with E-state index in [2.05, 4.69) is 25.5 Å². The lowest BCUT2D eigenvalue weighted by Crippen LogP contribution is -2.44. The van der Waals surface area contributed by atoms with E-state index in [0.29, 0.717) is 12.5 Å². The summed E-state index contributed by atoms with van der Waals surface area (Å²) in [7, 11) is 0. The fourth-order valence-corrected chi connectivity index (χ4v) is 2.35. The highest BCUT2D eigenvalue weighted by Gasteiger charge is 2.11. The first-order valence-electron chi connectivity index (χ1n) is 6.87. The molecule has 1 fully saturated rings. The van der Waals surface area contributed by atoms with E-state index in [9.17, 15) is 0 Å². The van der Waals surface area contributed by atoms with E-state index in [0.717, 1.165) is 43.9 Å². The van der Waals surface area contributed by atoms with Crippen LogP contribution in [0.15, 0.2) is 35.6 Å². The summed E-state index contributed by atoms with van der Waals surface area (Å²) in [5, 5.41) is 0. The van der Waals surface area contributed by atoms with Crippen LogP contribution in [0.5, 0.6) is 0 Å². The molecule has 0 saturated carbocycles. The molecule has 0 spiro atoms. The van der Waals surface area contributed by atoms with Crippen molar-refractivity contribution in [2.24, 2.45) is 10.7 Å². The maximum absolute atomic E-state index is 6.00. The van der Waals surface area contributed by atoms with Gasteiger partial charge in [0.1, 0.15) is 0 Å². The first-order chi connectivity index (χ1) is 9.84. The Kier molecular flexibility index (Phi) is 5.80. The van der Waals surface area contributed by atoms with Gasteiger partial charge in [-0.15, -0.1) is 24.0 Å². The molecule has 0 unspecified atom stereocenters. The number of para-hydroxylation sites is 2. The summed E-state index contributed by atoms with van der Waals surface area (Å²) in [5.74, 6) is 0.609. The average Bonchev–Trinajstić information content (AvgIpc) is 2.92. The number of benzene rings is 1. The molecule has 21 heavy (non-hydrogen) atoms. The van der Waals surface area contributed by atoms with Gasteiger partial charge in [0.15, 0.2) is 5.96 Å². The number of aromatic nitrogens is 2. The highest BCUT2D eigenvalue weighted by molar-refractivity contribution is 14.0. The Morgan fingerprint density at radius 2 is 2.05 bits per heavy atom. The van der Waals surface area contributed by atoms with Crippen LogP contribution in [0.25, 0.3) is 11.0 Å². The van der Waals surface area contributed by atoms with Gasteiger partial charge in [0.25, 0.3) is 0 Å². The molecule has 1 aromatic heterocycles. The molecule has 3 rings (SSSR count). The Labute approximate surface area is 141 Å². The van der Waals surface area contributed by atoms with Crippen LogP contribution in [0.4, 0.5) is 0 Å². The molecule has 7 heteroatoms. The van der Waals surface area contributed by atoms with E-state index in [1.54, 1.807) is 0 Å². The number of fused-ring (bicyclic) bond motifs is 1. The number of halogens is 1. The number of ether oxygens (including phenoxy) is 1. The van der Waals surface area contributed by atoms with Crippen LogP contribution in [-0.4, -0.2) is 53.3 Å². The molecule has 0 amide bonds. The second-order valence-corrected chi connectivity index (χ2v) is 4.77. The third-order valence-corrected chi connectivity index (χ3v) is 3.48. The minimum Gasteiger partial charge on any atom is -0.378 e. The number of hydrogen-bond acceptors (Lipinski definition) is 3. The number of aliphatic imine (C=N–C) groups is 1. The third-order valence-electron chi connectivity index (χ3n) is 3.48. The summed E-state index contributed by atoms with van der Waals surface area (Å²) in [4.78, 5) is 10.9. The highest BCUT2D eigenvalue weighted by Crippen LogP contribution is 2.11. The van der Waals surface area contributed by atoms with E-state index >= 15 is 0 Å². The molecular weight excluding hydrogens is 381 g/mol. The van der Waals surface area contributed by atoms with E-state index in [1.807, 2.05) is 24.5 Å². The van der Waals surface area contributed by atoms with Crippen molar-refractivity contribution in [1.82, 2.24) is 14.5 Å². The second kappa shape index (κ2) is 7.60. The maximum atomic E-state index is 6.00. The predicted octanol–water partition coefficient (Wildman–Crippen LogP) is 1.30. The Hall–Kier alpha value is -1.35. The van der Waals surface area contributed by atoms with Gasteiger partial charge in [0.2, 0.25) is 0 Å². The first-order valence-corrected chi connectivity index (χ1v) is 6.87. The summed E-state index contributed by atoms with van der Waals surface area (Å²) in [6, 6.07) is 8.09. The number of guanidine groups is 1. The third kappa shape index (κ3) is 3.85. The van der Waals surface area contributed by atoms with Gasteiger partial charge >= 0.3 is 0 Å². The SMILES string of the molecule is I.NC(=NCCn1cnc2ccccc21)N1CCOCC1. The molecule has 0 atom stereocenters. The lowest BCUT2D eigenvalue weighted by atomic mass is 10.3. The standard InChI is InChI=1S/C14H19N5O.HI/c15-14(18-7-9-20-10-8-18)16-5-6-19-11-17-12-3-1-2-4-13(12)19;/h1-4,11H,5-10H2,(H2,15,16);1H. The van der Waals surface area contributed by atoms with Gasteiger partial charge in [0.05, 0.1) is 37.1 Å². The van der Waals surface area contributed by atoms with Crippen molar-refractivity contribution >= 4 is 41.0 Å². The van der Waals surface area contributed by atoms with Gasteiger partial charge in [-0.05, 0) is 12.1 Å². The van der Waals surface area contributed by atoms with Crippen LogP contribution in [-0.2, 0) is 11.3 Å². The number of imidazole rings is 1. The molecule has 1 aliphatic rings. The number of nitrogens with two attached hydrogens (primary N) is 1. The molecule has 2 N–H and O–H groups in total. The summed E-state index contributed by atoms with van der Waals surface area (Å²) in [5.41, 5.74) is 8.14. The molecular formula is C14H20IN5O. The zero-order chi connectivity index (χ0) is 13.8. The Balaban J connectivity index is 0.00000161. The molecule has 0 aliphatic carbocycles. The summed E-state index contributed by atoms with van der Waals surface area (Å²) < 4.78 is 7.40. The Morgan fingerprint density at radius 3 is 2.86 bits per heavy atom. The predicted molar refractivity (Wildman–Crippen MR) is 94.0 cm³/mol. The summed E-state index contributed by atoms with van der Waals surface area (Å²) in [6.45, 7) is 4.53. The van der Waals surface area contributed by atoms with Crippen LogP contribution in [0.3, 0.4) is 0 Å². The molecule has 1 saturated heterocycles. The topological polar surface area (TPSA) is 68.7 Å². The lowest BCUT2D eigenvalue weighted by Gasteiger charge is -2.27. The average molecular weight is 401 g/mol. The van der Waals surface area contributed by atoms with Crippen molar-refractivity contribution in [2.75, 3.05) is 32.8 Å². The van der Waals surface area contributed by atoms with Crippen molar-refractivity contribution in [3.63, 3.8) is 0 Å². The second-order valence-electron chi connectivity index (χ2n) is 4.77. The van der Waals surface area contributed by atoms with Crippen LogP contribution in [0.2, 0.25) is 0 Å². The van der Waals surface area contributed by atoms with Gasteiger partial charge in [-0.25, -0.2) is 4.98 Å². The number of rotatable bonds is 3.